The van der Waals surface area contributed by atoms with Crippen molar-refractivity contribution in [1.29, 1.82) is 0 Å². The normalized spacial score (nSPS) is 11.3. The quantitative estimate of drug-likeness (QED) is 0.470. The highest BCUT2D eigenvalue weighted by atomic mass is 79.9. The average molecular weight is 437 g/mol. The summed E-state index contributed by atoms with van der Waals surface area (Å²) >= 11 is 3.36. The van der Waals surface area contributed by atoms with E-state index in [1.165, 1.54) is 24.3 Å². The van der Waals surface area contributed by atoms with Crippen molar-refractivity contribution in [3.63, 3.8) is 0 Å². The van der Waals surface area contributed by atoms with Crippen LogP contribution in [0.5, 0.6) is 0 Å². The second-order valence-corrected chi connectivity index (χ2v) is 7.92. The fourth-order valence-corrected chi connectivity index (χ4v) is 3.74. The van der Waals surface area contributed by atoms with E-state index in [2.05, 4.69) is 25.8 Å². The Bertz CT molecular complexity index is 1050. The van der Waals surface area contributed by atoms with Crippen LogP contribution in [0.25, 0.3) is 0 Å². The minimum Gasteiger partial charge on any atom is -0.266 e. The van der Waals surface area contributed by atoms with Gasteiger partial charge in [-0.1, -0.05) is 40.2 Å². The van der Waals surface area contributed by atoms with Gasteiger partial charge in [0.2, 0.25) is 0 Å². The molecule has 0 radical (unpaired) electrons. The Morgan fingerprint density at radius 2 is 1.81 bits per heavy atom. The molecule has 1 N–H and O–H groups in total. The zero-order valence-corrected chi connectivity index (χ0v) is 15.6. The fraction of sp³-hybridized carbons (Fsp3) is 0.0625. The van der Waals surface area contributed by atoms with E-state index >= 15 is 0 Å². The Labute approximate surface area is 157 Å². The zero-order chi connectivity index (χ0) is 18.7. The van der Waals surface area contributed by atoms with Gasteiger partial charge in [-0.3, -0.25) is 19.5 Å². The molecule has 0 unspecified atom stereocenters. The van der Waals surface area contributed by atoms with E-state index in [4.69, 9.17) is 0 Å². The molecule has 3 aromatic rings. The van der Waals surface area contributed by atoms with Crippen molar-refractivity contribution in [1.82, 2.24) is 9.78 Å². The number of nitrogens with zero attached hydrogens (tertiary/aromatic N) is 3. The molecule has 0 aliphatic rings. The van der Waals surface area contributed by atoms with Crippen LogP contribution in [0, 0.1) is 10.1 Å². The zero-order valence-electron chi connectivity index (χ0n) is 13.2. The first-order chi connectivity index (χ1) is 12.3. The maximum Gasteiger partial charge on any atom is 0.289 e. The summed E-state index contributed by atoms with van der Waals surface area (Å²) in [7, 11) is -4.13. The summed E-state index contributed by atoms with van der Waals surface area (Å²) in [4.78, 5) is 9.90. The second kappa shape index (κ2) is 7.26. The van der Waals surface area contributed by atoms with Gasteiger partial charge in [0.1, 0.15) is 0 Å². The van der Waals surface area contributed by atoms with Crippen LogP contribution in [-0.2, 0) is 16.6 Å². The Balaban J connectivity index is 1.80. The van der Waals surface area contributed by atoms with Gasteiger partial charge in [0, 0.05) is 22.8 Å². The molecule has 1 heterocycles. The third-order valence-electron chi connectivity index (χ3n) is 3.49. The van der Waals surface area contributed by atoms with Crippen molar-refractivity contribution in [2.75, 3.05) is 4.72 Å². The van der Waals surface area contributed by atoms with Crippen LogP contribution in [0.4, 0.5) is 11.5 Å². The van der Waals surface area contributed by atoms with Gasteiger partial charge in [-0.25, -0.2) is 8.42 Å². The monoisotopic (exact) mass is 436 g/mol. The first kappa shape index (κ1) is 18.1. The Hall–Kier alpha value is -2.72. The highest BCUT2D eigenvalue weighted by molar-refractivity contribution is 9.10. The van der Waals surface area contributed by atoms with Crippen molar-refractivity contribution < 1.29 is 13.3 Å². The molecule has 0 amide bonds. The predicted octanol–water partition coefficient (Wildman–Crippen LogP) is 3.40. The summed E-state index contributed by atoms with van der Waals surface area (Å²) in [6.07, 6.45) is 1.62. The first-order valence-corrected chi connectivity index (χ1v) is 9.67. The summed E-state index contributed by atoms with van der Waals surface area (Å²) < 4.78 is 29.7. The van der Waals surface area contributed by atoms with Gasteiger partial charge in [0.05, 0.1) is 11.5 Å². The maximum absolute atomic E-state index is 12.5. The van der Waals surface area contributed by atoms with E-state index in [1.54, 1.807) is 10.9 Å². The summed E-state index contributed by atoms with van der Waals surface area (Å²) in [5.74, 6) is 0.0836. The molecule has 0 fully saturated rings. The average Bonchev–Trinajstić information content (AvgIpc) is 3.03. The molecule has 0 atom stereocenters. The van der Waals surface area contributed by atoms with Crippen LogP contribution in [-0.4, -0.2) is 23.1 Å². The van der Waals surface area contributed by atoms with Crippen LogP contribution in [0.3, 0.4) is 0 Å². The second-order valence-electron chi connectivity index (χ2n) is 5.36. The Morgan fingerprint density at radius 1 is 1.12 bits per heavy atom. The van der Waals surface area contributed by atoms with Crippen molar-refractivity contribution in [2.45, 2.75) is 11.4 Å². The molecule has 2 aromatic carbocycles. The molecule has 0 saturated heterocycles. The first-order valence-electron chi connectivity index (χ1n) is 7.39. The SMILES string of the molecule is O=[N+]([O-])c1ccccc1S(=O)(=O)Nc1ccn(Cc2ccc(Br)cc2)n1. The lowest BCUT2D eigenvalue weighted by Crippen LogP contribution is -2.15. The van der Waals surface area contributed by atoms with Crippen molar-refractivity contribution in [3.05, 3.63) is 80.9 Å². The minimum absolute atomic E-state index is 0.0836. The number of aromatic nitrogens is 2. The molecule has 10 heteroatoms. The van der Waals surface area contributed by atoms with E-state index in [0.717, 1.165) is 16.1 Å². The van der Waals surface area contributed by atoms with Crippen LogP contribution >= 0.6 is 15.9 Å². The van der Waals surface area contributed by atoms with Gasteiger partial charge >= 0.3 is 0 Å². The summed E-state index contributed by atoms with van der Waals surface area (Å²) in [5, 5.41) is 15.2. The summed E-state index contributed by atoms with van der Waals surface area (Å²) in [6.45, 7) is 0.459. The molecule has 134 valence electrons. The minimum atomic E-state index is -4.13. The molecule has 3 rings (SSSR count). The standard InChI is InChI=1S/C16H13BrN4O4S/c17-13-7-5-12(6-8-13)11-20-10-9-16(18-20)19-26(24,25)15-4-2-1-3-14(15)21(22)23/h1-10H,11H2,(H,18,19). The van der Waals surface area contributed by atoms with Crippen LogP contribution < -0.4 is 4.72 Å². The van der Waals surface area contributed by atoms with Crippen LogP contribution in [0.15, 0.2) is 70.2 Å². The molecule has 26 heavy (non-hydrogen) atoms. The molecule has 1 aromatic heterocycles. The number of para-hydroxylation sites is 1. The van der Waals surface area contributed by atoms with Crippen LogP contribution in [0.1, 0.15) is 5.56 Å². The maximum atomic E-state index is 12.5. The van der Waals surface area contributed by atoms with E-state index in [9.17, 15) is 18.5 Å². The Kier molecular flexibility index (Phi) is 5.05. The molecule has 0 spiro atoms. The lowest BCUT2D eigenvalue weighted by Gasteiger charge is -2.06. The van der Waals surface area contributed by atoms with E-state index in [0.29, 0.717) is 6.54 Å². The van der Waals surface area contributed by atoms with Crippen molar-refractivity contribution in [3.8, 4) is 0 Å². The smallest absolute Gasteiger partial charge is 0.266 e. The third kappa shape index (κ3) is 4.09. The molecule has 8 nitrogen and oxygen atoms in total. The number of anilines is 1. The Morgan fingerprint density at radius 3 is 2.50 bits per heavy atom. The molecular formula is C16H13BrN4O4S. The summed E-state index contributed by atoms with van der Waals surface area (Å²) in [5.41, 5.74) is 0.499. The molecule has 0 aliphatic carbocycles. The number of nitro groups is 1. The highest BCUT2D eigenvalue weighted by Crippen LogP contribution is 2.24. The van der Waals surface area contributed by atoms with E-state index < -0.39 is 25.5 Å². The van der Waals surface area contributed by atoms with Gasteiger partial charge in [0.25, 0.3) is 15.7 Å². The number of rotatable bonds is 6. The number of benzene rings is 2. The summed E-state index contributed by atoms with van der Waals surface area (Å²) in [6, 6.07) is 14.3. The fourth-order valence-electron chi connectivity index (χ4n) is 2.31. The van der Waals surface area contributed by atoms with Gasteiger partial charge in [0.15, 0.2) is 10.7 Å². The highest BCUT2D eigenvalue weighted by Gasteiger charge is 2.25. The molecular weight excluding hydrogens is 424 g/mol. The topological polar surface area (TPSA) is 107 Å². The van der Waals surface area contributed by atoms with Gasteiger partial charge < -0.3 is 0 Å². The number of nitro benzene ring substituents is 1. The third-order valence-corrected chi connectivity index (χ3v) is 5.42. The number of hydrogen-bond donors (Lipinski definition) is 1. The number of nitrogens with one attached hydrogen (secondary N) is 1. The number of hydrogen-bond acceptors (Lipinski definition) is 5. The van der Waals surface area contributed by atoms with Crippen molar-refractivity contribution >= 4 is 37.5 Å². The van der Waals surface area contributed by atoms with E-state index in [-0.39, 0.29) is 5.82 Å². The molecule has 0 saturated carbocycles. The lowest BCUT2D eigenvalue weighted by atomic mass is 10.2. The van der Waals surface area contributed by atoms with Crippen LogP contribution in [0.2, 0.25) is 0 Å². The molecule has 0 aliphatic heterocycles. The lowest BCUT2D eigenvalue weighted by molar-refractivity contribution is -0.387. The van der Waals surface area contributed by atoms with E-state index in [1.807, 2.05) is 24.3 Å². The largest absolute Gasteiger partial charge is 0.289 e. The van der Waals surface area contributed by atoms with Gasteiger partial charge in [-0.15, -0.1) is 0 Å². The molecule has 0 bridgehead atoms. The van der Waals surface area contributed by atoms with Crippen molar-refractivity contribution in [2.24, 2.45) is 0 Å². The van der Waals surface area contributed by atoms with Gasteiger partial charge in [-0.05, 0) is 23.8 Å². The van der Waals surface area contributed by atoms with Gasteiger partial charge in [-0.2, -0.15) is 5.10 Å². The number of sulfonamides is 1. The predicted molar refractivity (Wildman–Crippen MR) is 99.4 cm³/mol. The number of halogens is 1.